The predicted octanol–water partition coefficient (Wildman–Crippen LogP) is -0.355. The molecule has 0 aliphatic rings. The predicted molar refractivity (Wildman–Crippen MR) is 110 cm³/mol. The maximum Gasteiger partial charge on any atom is 0.318 e. The van der Waals surface area contributed by atoms with E-state index in [2.05, 4.69) is 0 Å². The summed E-state index contributed by atoms with van der Waals surface area (Å²) in [6, 6.07) is 0. The lowest BCUT2D eigenvalue weighted by Gasteiger charge is -2.37. The van der Waals surface area contributed by atoms with Gasteiger partial charge in [-0.3, -0.25) is 0 Å². The van der Waals surface area contributed by atoms with E-state index in [4.69, 9.17) is 35.4 Å². The second-order valence-electron chi connectivity index (χ2n) is 5.92. The van der Waals surface area contributed by atoms with Gasteiger partial charge in [0.1, 0.15) is 0 Å². The monoisotopic (exact) mass is 448 g/mol. The van der Waals surface area contributed by atoms with Gasteiger partial charge < -0.3 is 35.4 Å². The molecule has 0 bridgehead atoms. The summed E-state index contributed by atoms with van der Waals surface area (Å²) in [5.41, 5.74) is 3.79. The maximum absolute atomic E-state index is 5.65. The van der Waals surface area contributed by atoms with Gasteiger partial charge in [-0.2, -0.15) is 0 Å². The summed E-state index contributed by atoms with van der Waals surface area (Å²) in [4.78, 5) is 0. The second-order valence-corrected chi connectivity index (χ2v) is 22.7. The van der Waals surface area contributed by atoms with Crippen molar-refractivity contribution in [2.45, 2.75) is 22.7 Å². The molecule has 13 heteroatoms. The van der Waals surface area contributed by atoms with Crippen molar-refractivity contribution < 1.29 is 35.4 Å². The summed E-state index contributed by atoms with van der Waals surface area (Å²) in [7, 11) is 4.78. The molecule has 0 radical (unpaired) electrons. The molecule has 0 aliphatic carbocycles. The van der Waals surface area contributed by atoms with Crippen LogP contribution in [0, 0.1) is 0 Å². The number of rotatable bonds is 16. The summed E-state index contributed by atoms with van der Waals surface area (Å²) in [6.45, 7) is 0. The highest BCUT2D eigenvalue weighted by Gasteiger charge is 2.45. The minimum Gasteiger partial charge on any atom is -0.400 e. The van der Waals surface area contributed by atoms with Crippen LogP contribution in [0.25, 0.3) is 0 Å². The first-order chi connectivity index (χ1) is 12.0. The molecule has 0 aromatic carbocycles. The Kier molecular flexibility index (Phi) is 15.2. The molecule has 0 aromatic heterocycles. The van der Waals surface area contributed by atoms with Crippen molar-refractivity contribution in [2.75, 3.05) is 56.9 Å². The molecule has 0 saturated carbocycles. The minimum absolute atomic E-state index is 0.947. The highest BCUT2D eigenvalue weighted by atomic mass is 28.4. The standard InChI is InChI=1S/C12H36O8Si5/c1-13-21(14-2)9-25(10-22(15-3)16-4,11-23(17-5)18-6)12-24(19-7)20-8/h21-24H,9-12H2,1-8H3. The van der Waals surface area contributed by atoms with Crippen molar-refractivity contribution in [3.8, 4) is 0 Å². The molecule has 0 unspecified atom stereocenters. The molecule has 0 aromatic rings. The Bertz CT molecular complexity index is 252. The van der Waals surface area contributed by atoms with Crippen molar-refractivity contribution in [1.82, 2.24) is 0 Å². The van der Waals surface area contributed by atoms with Gasteiger partial charge >= 0.3 is 37.1 Å². The molecule has 0 aliphatic heterocycles. The van der Waals surface area contributed by atoms with Crippen molar-refractivity contribution >= 4 is 45.2 Å². The van der Waals surface area contributed by atoms with Crippen LogP contribution in [0.15, 0.2) is 0 Å². The fourth-order valence-corrected chi connectivity index (χ4v) is 33.4. The van der Waals surface area contributed by atoms with Crippen LogP contribution in [0.5, 0.6) is 0 Å². The molecule has 0 spiro atoms. The lowest BCUT2D eigenvalue weighted by Crippen LogP contribution is -2.52. The lowest BCUT2D eigenvalue weighted by atomic mass is 11.7. The SMILES string of the molecule is CO[SiH](C[Si](C[SiH](OC)OC)(C[SiH](OC)OC)C[SiH](OC)OC)OC. The van der Waals surface area contributed by atoms with Gasteiger partial charge in [-0.15, -0.1) is 0 Å². The maximum atomic E-state index is 5.65. The average Bonchev–Trinajstić information content (AvgIpc) is 2.66. The highest BCUT2D eigenvalue weighted by molar-refractivity contribution is 7.01. The Morgan fingerprint density at radius 1 is 0.400 bits per heavy atom. The van der Waals surface area contributed by atoms with Crippen LogP contribution in [0.4, 0.5) is 0 Å². The third kappa shape index (κ3) is 9.49. The van der Waals surface area contributed by atoms with Crippen LogP contribution in [0.3, 0.4) is 0 Å². The molecule has 0 fully saturated rings. The van der Waals surface area contributed by atoms with Gasteiger partial charge in [-0.25, -0.2) is 0 Å². The third-order valence-electron chi connectivity index (χ3n) is 4.50. The second kappa shape index (κ2) is 14.8. The molecular formula is C12H36O8Si5. The third-order valence-corrected chi connectivity index (χ3v) is 27.9. The molecule has 152 valence electrons. The van der Waals surface area contributed by atoms with E-state index < -0.39 is 45.2 Å². The van der Waals surface area contributed by atoms with Gasteiger partial charge in [0.05, 0.1) is 8.07 Å². The summed E-state index contributed by atoms with van der Waals surface area (Å²) in [5, 5.41) is 0. The zero-order chi connectivity index (χ0) is 19.3. The lowest BCUT2D eigenvalue weighted by molar-refractivity contribution is 0.275. The normalized spacial score (nSPS) is 13.0. The first-order valence-electron chi connectivity index (χ1n) is 8.20. The van der Waals surface area contributed by atoms with Crippen LogP contribution in [0.1, 0.15) is 0 Å². The zero-order valence-electron chi connectivity index (χ0n) is 16.9. The summed E-state index contributed by atoms with van der Waals surface area (Å²) >= 11 is 0. The number of hydrogen-bond acceptors (Lipinski definition) is 8. The van der Waals surface area contributed by atoms with Crippen LogP contribution in [0.2, 0.25) is 22.7 Å². The quantitative estimate of drug-likeness (QED) is 0.297. The van der Waals surface area contributed by atoms with Gasteiger partial charge in [0.15, 0.2) is 0 Å². The molecule has 0 saturated heterocycles. The van der Waals surface area contributed by atoms with Crippen molar-refractivity contribution in [3.05, 3.63) is 0 Å². The first kappa shape index (κ1) is 25.8. The van der Waals surface area contributed by atoms with E-state index in [0.717, 1.165) is 22.7 Å². The van der Waals surface area contributed by atoms with Crippen molar-refractivity contribution in [1.29, 1.82) is 0 Å². The molecule has 0 rings (SSSR count). The Balaban J connectivity index is 5.69. The van der Waals surface area contributed by atoms with E-state index in [9.17, 15) is 0 Å². The van der Waals surface area contributed by atoms with Gasteiger partial charge in [0, 0.05) is 56.9 Å². The Morgan fingerprint density at radius 2 is 0.560 bits per heavy atom. The number of hydrogen-bond donors (Lipinski definition) is 0. The smallest absolute Gasteiger partial charge is 0.318 e. The van der Waals surface area contributed by atoms with E-state index in [-0.39, 0.29) is 0 Å². The molecule has 25 heavy (non-hydrogen) atoms. The molecule has 8 nitrogen and oxygen atoms in total. The van der Waals surface area contributed by atoms with E-state index in [1.165, 1.54) is 0 Å². The average molecular weight is 449 g/mol. The minimum atomic E-state index is -1.97. The molecule has 0 heterocycles. The molecular weight excluding hydrogens is 413 g/mol. The van der Waals surface area contributed by atoms with Crippen molar-refractivity contribution in [2.24, 2.45) is 0 Å². The fourth-order valence-electron chi connectivity index (χ4n) is 2.97. The topological polar surface area (TPSA) is 73.8 Å². The van der Waals surface area contributed by atoms with Crippen LogP contribution in [-0.2, 0) is 35.4 Å². The van der Waals surface area contributed by atoms with E-state index in [1.807, 2.05) is 0 Å². The molecule has 0 amide bonds. The fraction of sp³-hybridized carbons (Fsp3) is 1.00. The van der Waals surface area contributed by atoms with Crippen LogP contribution >= 0.6 is 0 Å². The summed E-state index contributed by atoms with van der Waals surface area (Å²) in [6.07, 6.45) is 0. The zero-order valence-corrected chi connectivity index (χ0v) is 22.5. The summed E-state index contributed by atoms with van der Waals surface area (Å²) in [5.74, 6) is 0. The Morgan fingerprint density at radius 3 is 0.680 bits per heavy atom. The van der Waals surface area contributed by atoms with Crippen molar-refractivity contribution in [3.63, 3.8) is 0 Å². The molecule has 0 atom stereocenters. The Hall–Kier alpha value is 0.764. The molecule has 0 N–H and O–H groups in total. The summed E-state index contributed by atoms with van der Waals surface area (Å²) < 4.78 is 45.2. The van der Waals surface area contributed by atoms with E-state index in [0.29, 0.717) is 0 Å². The van der Waals surface area contributed by atoms with Gasteiger partial charge in [0.25, 0.3) is 0 Å². The van der Waals surface area contributed by atoms with Gasteiger partial charge in [-0.05, 0) is 22.7 Å². The van der Waals surface area contributed by atoms with Crippen LogP contribution in [-0.4, -0.2) is 102 Å². The van der Waals surface area contributed by atoms with Gasteiger partial charge in [0.2, 0.25) is 0 Å². The highest BCUT2D eigenvalue weighted by Crippen LogP contribution is 2.32. The Labute approximate surface area is 160 Å². The largest absolute Gasteiger partial charge is 0.400 e. The van der Waals surface area contributed by atoms with E-state index in [1.54, 1.807) is 56.9 Å². The first-order valence-corrected chi connectivity index (χ1v) is 18.1. The van der Waals surface area contributed by atoms with E-state index >= 15 is 0 Å². The van der Waals surface area contributed by atoms with Gasteiger partial charge in [-0.1, -0.05) is 0 Å². The van der Waals surface area contributed by atoms with Crippen LogP contribution < -0.4 is 0 Å².